The molecule has 0 amide bonds. The topological polar surface area (TPSA) is 105 Å². The monoisotopic (exact) mass is 575 g/mol. The Morgan fingerprint density at radius 3 is 2.55 bits per heavy atom. The summed E-state index contributed by atoms with van der Waals surface area (Å²) in [5.41, 5.74) is 9.83. The molecule has 0 saturated carbocycles. The fourth-order valence-corrected chi connectivity index (χ4v) is 5.15. The van der Waals surface area contributed by atoms with Gasteiger partial charge in [0.05, 0.1) is 48.0 Å². The van der Waals surface area contributed by atoms with Crippen LogP contribution in [0.5, 0.6) is 5.75 Å². The third-order valence-electron chi connectivity index (χ3n) is 7.15. The van der Waals surface area contributed by atoms with Crippen LogP contribution in [0.25, 0.3) is 33.8 Å². The lowest BCUT2D eigenvalue weighted by molar-refractivity contribution is 0.103. The highest BCUT2D eigenvalue weighted by Gasteiger charge is 2.25. The first kappa shape index (κ1) is 28.6. The van der Waals surface area contributed by atoms with E-state index >= 15 is 0 Å². The van der Waals surface area contributed by atoms with Crippen molar-refractivity contribution in [3.05, 3.63) is 83.1 Å². The van der Waals surface area contributed by atoms with Crippen molar-refractivity contribution in [3.8, 4) is 16.9 Å². The number of nitrogens with one attached hydrogen (secondary N) is 1. The number of methoxy groups -OCH3 is 2. The van der Waals surface area contributed by atoms with E-state index in [0.29, 0.717) is 46.8 Å². The van der Waals surface area contributed by atoms with Crippen molar-refractivity contribution < 1.29 is 27.8 Å². The number of nitrogen functional groups attached to an aromatic ring is 1. The zero-order valence-corrected chi connectivity index (χ0v) is 23.9. The second-order valence-corrected chi connectivity index (χ2v) is 9.53. The Kier molecular flexibility index (Phi) is 7.86. The molecule has 0 saturated heterocycles. The van der Waals surface area contributed by atoms with Crippen LogP contribution >= 0.6 is 0 Å². The number of anilines is 2. The number of hydrogen-bond acceptors (Lipinski definition) is 7. The van der Waals surface area contributed by atoms with Crippen LogP contribution < -0.4 is 15.8 Å². The van der Waals surface area contributed by atoms with Crippen LogP contribution in [0.3, 0.4) is 0 Å². The Morgan fingerprint density at radius 1 is 1.17 bits per heavy atom. The van der Waals surface area contributed by atoms with E-state index in [4.69, 9.17) is 24.9 Å². The quantitative estimate of drug-likeness (QED) is 0.123. The van der Waals surface area contributed by atoms with Gasteiger partial charge in [-0.05, 0) is 37.3 Å². The van der Waals surface area contributed by atoms with Crippen LogP contribution in [-0.4, -0.2) is 47.6 Å². The minimum atomic E-state index is -1.00. The fourth-order valence-electron chi connectivity index (χ4n) is 5.15. The van der Waals surface area contributed by atoms with E-state index in [-0.39, 0.29) is 11.3 Å². The summed E-state index contributed by atoms with van der Waals surface area (Å²) in [5, 5.41) is 3.29. The van der Waals surface area contributed by atoms with Crippen LogP contribution in [0.15, 0.2) is 48.9 Å². The standard InChI is InChI=1S/C31H31F2N5O4/c1-6-42-11-9-17-14-23(31(39)18-12-20(32)27(34)21(33)13-18)38-10-7-8-19(30(17)38)26-24(41-5)15-22-28(29(26)35-2)36-25(16-40-4)37(22)3/h7-15,35H,6,16,34H2,1-5H3. The summed E-state index contributed by atoms with van der Waals surface area (Å²) in [6.45, 7) is 2.63. The second kappa shape index (κ2) is 11.5. The van der Waals surface area contributed by atoms with Gasteiger partial charge in [0.15, 0.2) is 0 Å². The molecule has 11 heteroatoms. The van der Waals surface area contributed by atoms with Gasteiger partial charge in [-0.25, -0.2) is 13.8 Å². The van der Waals surface area contributed by atoms with Crippen molar-refractivity contribution in [2.45, 2.75) is 13.5 Å². The predicted octanol–water partition coefficient (Wildman–Crippen LogP) is 5.79. The van der Waals surface area contributed by atoms with E-state index in [2.05, 4.69) is 5.32 Å². The molecule has 0 radical (unpaired) electrons. The van der Waals surface area contributed by atoms with Gasteiger partial charge in [0, 0.05) is 50.2 Å². The Hall–Kier alpha value is -4.90. The third-order valence-corrected chi connectivity index (χ3v) is 7.15. The number of fused-ring (bicyclic) bond motifs is 2. The van der Waals surface area contributed by atoms with Gasteiger partial charge in [0.25, 0.3) is 0 Å². The predicted molar refractivity (Wildman–Crippen MR) is 159 cm³/mol. The number of rotatable bonds is 10. The number of ketones is 1. The summed E-state index contributed by atoms with van der Waals surface area (Å²) >= 11 is 0. The summed E-state index contributed by atoms with van der Waals surface area (Å²) in [7, 11) is 6.91. The minimum absolute atomic E-state index is 0.168. The Morgan fingerprint density at radius 2 is 1.90 bits per heavy atom. The highest BCUT2D eigenvalue weighted by molar-refractivity contribution is 6.11. The van der Waals surface area contributed by atoms with Crippen molar-refractivity contribution in [3.63, 3.8) is 0 Å². The molecule has 42 heavy (non-hydrogen) atoms. The van der Waals surface area contributed by atoms with Crippen molar-refractivity contribution >= 4 is 39.8 Å². The number of carbonyl (C=O) groups excluding carboxylic acids is 1. The van der Waals surface area contributed by atoms with E-state index in [1.165, 1.54) is 6.26 Å². The number of nitrogens with zero attached hydrogens (tertiary/aromatic N) is 3. The zero-order chi connectivity index (χ0) is 30.1. The molecule has 0 atom stereocenters. The first-order chi connectivity index (χ1) is 20.2. The van der Waals surface area contributed by atoms with E-state index in [9.17, 15) is 13.6 Å². The summed E-state index contributed by atoms with van der Waals surface area (Å²) in [5.74, 6) is -1.28. The fraction of sp³-hybridized carbons (Fsp3) is 0.226. The normalized spacial score (nSPS) is 11.6. The molecule has 0 spiro atoms. The van der Waals surface area contributed by atoms with Gasteiger partial charge in [-0.2, -0.15) is 0 Å². The van der Waals surface area contributed by atoms with Crippen LogP contribution in [0, 0.1) is 11.6 Å². The lowest BCUT2D eigenvalue weighted by Gasteiger charge is -2.17. The second-order valence-electron chi connectivity index (χ2n) is 9.53. The van der Waals surface area contributed by atoms with Crippen LogP contribution in [0.4, 0.5) is 20.2 Å². The number of nitrogens with two attached hydrogens (primary N) is 1. The third kappa shape index (κ3) is 4.71. The molecule has 3 N–H and O–H groups in total. The molecule has 9 nitrogen and oxygen atoms in total. The van der Waals surface area contributed by atoms with Gasteiger partial charge >= 0.3 is 0 Å². The number of benzene rings is 2. The highest BCUT2D eigenvalue weighted by atomic mass is 19.1. The molecule has 3 aromatic heterocycles. The summed E-state index contributed by atoms with van der Waals surface area (Å²) in [6, 6.07) is 9.14. The lowest BCUT2D eigenvalue weighted by Crippen LogP contribution is -2.08. The molecule has 5 aromatic rings. The molecule has 0 fully saturated rings. The van der Waals surface area contributed by atoms with Gasteiger partial charge in [-0.3, -0.25) is 4.79 Å². The molecular weight excluding hydrogens is 544 g/mol. The van der Waals surface area contributed by atoms with E-state index < -0.39 is 23.1 Å². The molecular formula is C31H31F2N5O4. The molecule has 0 bridgehead atoms. The summed E-state index contributed by atoms with van der Waals surface area (Å²) in [4.78, 5) is 18.5. The molecule has 0 aliphatic heterocycles. The number of halogens is 2. The first-order valence-electron chi connectivity index (χ1n) is 13.2. The van der Waals surface area contributed by atoms with E-state index in [1.54, 1.807) is 50.1 Å². The number of carbonyl (C=O) groups is 1. The molecule has 0 aliphatic carbocycles. The van der Waals surface area contributed by atoms with Crippen molar-refractivity contribution in [2.24, 2.45) is 7.05 Å². The lowest BCUT2D eigenvalue weighted by atomic mass is 9.99. The van der Waals surface area contributed by atoms with Gasteiger partial charge in [0.2, 0.25) is 5.78 Å². The Bertz CT molecular complexity index is 1840. The number of pyridine rings is 1. The summed E-state index contributed by atoms with van der Waals surface area (Å²) < 4.78 is 49.0. The highest BCUT2D eigenvalue weighted by Crippen LogP contribution is 2.45. The van der Waals surface area contributed by atoms with Crippen molar-refractivity contribution in [2.75, 3.05) is 38.9 Å². The van der Waals surface area contributed by atoms with E-state index in [1.807, 2.05) is 30.7 Å². The average Bonchev–Trinajstić information content (AvgIpc) is 3.51. The van der Waals surface area contributed by atoms with Crippen LogP contribution in [-0.2, 0) is 23.1 Å². The van der Waals surface area contributed by atoms with Gasteiger partial charge in [-0.15, -0.1) is 0 Å². The first-order valence-corrected chi connectivity index (χ1v) is 13.2. The molecule has 2 aromatic carbocycles. The number of aryl methyl sites for hydroxylation is 1. The van der Waals surface area contributed by atoms with E-state index in [0.717, 1.165) is 29.0 Å². The molecule has 0 unspecified atom stereocenters. The number of imidazole rings is 1. The average molecular weight is 576 g/mol. The van der Waals surface area contributed by atoms with Gasteiger partial charge in [0.1, 0.15) is 41.0 Å². The minimum Gasteiger partial charge on any atom is -0.501 e. The molecule has 3 heterocycles. The Labute approximate surface area is 241 Å². The maximum atomic E-state index is 14.3. The molecule has 5 rings (SSSR count). The van der Waals surface area contributed by atoms with Crippen LogP contribution in [0.2, 0.25) is 0 Å². The van der Waals surface area contributed by atoms with Crippen molar-refractivity contribution in [1.29, 1.82) is 0 Å². The zero-order valence-electron chi connectivity index (χ0n) is 23.9. The molecule has 0 aliphatic rings. The Balaban J connectivity index is 1.82. The smallest absolute Gasteiger partial charge is 0.209 e. The largest absolute Gasteiger partial charge is 0.501 e. The SMILES string of the molecule is CCOC=Cc1cc(C(=O)c2cc(F)c(N)c(F)c2)n2cccc(-c3c(OC)cc4c(nc(COC)n4C)c3NC)c12. The number of ether oxygens (including phenoxy) is 3. The van der Waals surface area contributed by atoms with Gasteiger partial charge < -0.3 is 34.2 Å². The maximum absolute atomic E-state index is 14.3. The van der Waals surface area contributed by atoms with Gasteiger partial charge in [-0.1, -0.05) is 6.07 Å². The van der Waals surface area contributed by atoms with Crippen molar-refractivity contribution in [1.82, 2.24) is 14.0 Å². The number of hydrogen-bond donors (Lipinski definition) is 2. The maximum Gasteiger partial charge on any atom is 0.209 e. The van der Waals surface area contributed by atoms with Crippen LogP contribution in [0.1, 0.15) is 34.4 Å². The summed E-state index contributed by atoms with van der Waals surface area (Å²) in [6.07, 6.45) is 5.00. The molecule has 218 valence electrons. The number of aromatic nitrogens is 3.